The molecular formula is C8H6N4O. The Hall–Kier alpha value is -2.09. The van der Waals surface area contributed by atoms with Crippen molar-refractivity contribution in [3.8, 4) is 17.6 Å². The lowest BCUT2D eigenvalue weighted by Crippen LogP contribution is -1.82. The topological polar surface area (TPSA) is 78.5 Å². The van der Waals surface area contributed by atoms with Crippen LogP contribution in [0.1, 0.15) is 5.89 Å². The molecule has 0 amide bonds. The predicted molar refractivity (Wildman–Crippen MR) is 43.4 cm³/mol. The third-order valence-corrected chi connectivity index (χ3v) is 1.54. The van der Waals surface area contributed by atoms with E-state index in [1.54, 1.807) is 6.20 Å². The van der Waals surface area contributed by atoms with Gasteiger partial charge in [-0.05, 0) is 12.1 Å². The van der Waals surface area contributed by atoms with Crippen molar-refractivity contribution >= 4 is 0 Å². The van der Waals surface area contributed by atoms with Gasteiger partial charge in [0.05, 0.1) is 11.8 Å². The van der Waals surface area contributed by atoms with Crippen molar-refractivity contribution in [2.75, 3.05) is 0 Å². The SMILES string of the molecule is N#CCc1nc(-c2ccc[nH]2)no1. The summed E-state index contributed by atoms with van der Waals surface area (Å²) in [5.41, 5.74) is 0.785. The Morgan fingerprint density at radius 3 is 3.23 bits per heavy atom. The summed E-state index contributed by atoms with van der Waals surface area (Å²) >= 11 is 0. The van der Waals surface area contributed by atoms with Crippen LogP contribution in [0.2, 0.25) is 0 Å². The quantitative estimate of drug-likeness (QED) is 0.740. The molecule has 1 N–H and O–H groups in total. The largest absolute Gasteiger partial charge is 0.359 e. The molecule has 13 heavy (non-hydrogen) atoms. The van der Waals surface area contributed by atoms with Crippen molar-refractivity contribution in [1.82, 2.24) is 15.1 Å². The average molecular weight is 174 g/mol. The fraction of sp³-hybridized carbons (Fsp3) is 0.125. The zero-order chi connectivity index (χ0) is 9.10. The van der Waals surface area contributed by atoms with Gasteiger partial charge in [-0.1, -0.05) is 5.16 Å². The minimum absolute atomic E-state index is 0.147. The molecule has 0 bridgehead atoms. The van der Waals surface area contributed by atoms with E-state index in [1.807, 2.05) is 18.2 Å². The maximum atomic E-state index is 8.37. The van der Waals surface area contributed by atoms with E-state index < -0.39 is 0 Å². The highest BCUT2D eigenvalue weighted by molar-refractivity contribution is 5.47. The first-order valence-electron chi connectivity index (χ1n) is 3.73. The number of rotatable bonds is 2. The van der Waals surface area contributed by atoms with E-state index in [0.717, 1.165) is 5.69 Å². The normalized spacial score (nSPS) is 9.77. The molecule has 0 aliphatic carbocycles. The molecule has 2 heterocycles. The number of hydrogen-bond acceptors (Lipinski definition) is 4. The van der Waals surface area contributed by atoms with Crippen LogP contribution in [0.3, 0.4) is 0 Å². The number of aromatic amines is 1. The van der Waals surface area contributed by atoms with Gasteiger partial charge in [-0.25, -0.2) is 0 Å². The first kappa shape index (κ1) is 7.55. The van der Waals surface area contributed by atoms with E-state index in [0.29, 0.717) is 11.7 Å². The van der Waals surface area contributed by atoms with Crippen molar-refractivity contribution in [1.29, 1.82) is 5.26 Å². The minimum atomic E-state index is 0.147. The van der Waals surface area contributed by atoms with Crippen LogP contribution < -0.4 is 0 Å². The fourth-order valence-electron chi connectivity index (χ4n) is 0.973. The lowest BCUT2D eigenvalue weighted by Gasteiger charge is -1.83. The maximum absolute atomic E-state index is 8.37. The van der Waals surface area contributed by atoms with E-state index >= 15 is 0 Å². The molecular weight excluding hydrogens is 168 g/mol. The van der Waals surface area contributed by atoms with Crippen LogP contribution >= 0.6 is 0 Å². The molecule has 0 fully saturated rings. The Kier molecular flexibility index (Phi) is 1.81. The van der Waals surface area contributed by atoms with Gasteiger partial charge in [-0.15, -0.1) is 0 Å². The molecule has 0 aliphatic heterocycles. The summed E-state index contributed by atoms with van der Waals surface area (Å²) in [5.74, 6) is 0.822. The third-order valence-electron chi connectivity index (χ3n) is 1.54. The van der Waals surface area contributed by atoms with Crippen LogP contribution in [-0.2, 0) is 6.42 Å². The summed E-state index contributed by atoms with van der Waals surface area (Å²) in [4.78, 5) is 6.95. The molecule has 0 atom stereocenters. The molecule has 0 unspecified atom stereocenters. The molecule has 2 aromatic rings. The minimum Gasteiger partial charge on any atom is -0.359 e. The molecule has 0 spiro atoms. The number of nitriles is 1. The first-order chi connectivity index (χ1) is 6.40. The highest BCUT2D eigenvalue weighted by atomic mass is 16.5. The number of nitrogens with zero attached hydrogens (tertiary/aromatic N) is 3. The van der Waals surface area contributed by atoms with Crippen molar-refractivity contribution < 1.29 is 4.52 Å². The van der Waals surface area contributed by atoms with Gasteiger partial charge in [-0.2, -0.15) is 10.2 Å². The Morgan fingerprint density at radius 2 is 2.54 bits per heavy atom. The zero-order valence-electron chi connectivity index (χ0n) is 6.69. The van der Waals surface area contributed by atoms with E-state index in [4.69, 9.17) is 9.78 Å². The molecule has 0 radical (unpaired) electrons. The smallest absolute Gasteiger partial charge is 0.241 e. The van der Waals surface area contributed by atoms with Gasteiger partial charge in [0.15, 0.2) is 0 Å². The van der Waals surface area contributed by atoms with Crippen molar-refractivity contribution in [3.63, 3.8) is 0 Å². The summed E-state index contributed by atoms with van der Waals surface area (Å²) in [6.45, 7) is 0. The second-order valence-corrected chi connectivity index (χ2v) is 2.43. The maximum Gasteiger partial charge on any atom is 0.241 e. The van der Waals surface area contributed by atoms with Crippen LogP contribution in [0.5, 0.6) is 0 Å². The van der Waals surface area contributed by atoms with Gasteiger partial charge in [0, 0.05) is 6.20 Å². The van der Waals surface area contributed by atoms with E-state index in [-0.39, 0.29) is 6.42 Å². The van der Waals surface area contributed by atoms with Gasteiger partial charge < -0.3 is 9.51 Å². The standard InChI is InChI=1S/C8H6N4O/c9-4-3-7-11-8(12-13-7)6-2-1-5-10-6/h1-2,5,10H,3H2. The number of nitrogens with one attached hydrogen (secondary N) is 1. The fourth-order valence-corrected chi connectivity index (χ4v) is 0.973. The lowest BCUT2D eigenvalue weighted by molar-refractivity contribution is 0.387. The molecule has 64 valence electrons. The molecule has 0 aliphatic rings. The summed E-state index contributed by atoms with van der Waals surface area (Å²) in [7, 11) is 0. The van der Waals surface area contributed by atoms with Gasteiger partial charge in [0.1, 0.15) is 6.42 Å². The van der Waals surface area contributed by atoms with Crippen LogP contribution in [0.4, 0.5) is 0 Å². The van der Waals surface area contributed by atoms with Crippen molar-refractivity contribution in [2.24, 2.45) is 0 Å². The van der Waals surface area contributed by atoms with Crippen LogP contribution in [-0.4, -0.2) is 15.1 Å². The monoisotopic (exact) mass is 174 g/mol. The second-order valence-electron chi connectivity index (χ2n) is 2.43. The molecule has 5 heteroatoms. The molecule has 0 aromatic carbocycles. The summed E-state index contributed by atoms with van der Waals surface area (Å²) in [5, 5.41) is 12.1. The van der Waals surface area contributed by atoms with Crippen LogP contribution in [0, 0.1) is 11.3 Å². The highest BCUT2D eigenvalue weighted by Crippen LogP contribution is 2.12. The average Bonchev–Trinajstić information content (AvgIpc) is 2.70. The van der Waals surface area contributed by atoms with Gasteiger partial charge in [-0.3, -0.25) is 0 Å². The summed E-state index contributed by atoms with van der Waals surface area (Å²) < 4.78 is 4.83. The second kappa shape index (κ2) is 3.11. The Labute approximate surface area is 74.0 Å². The van der Waals surface area contributed by atoms with E-state index in [9.17, 15) is 0 Å². The summed E-state index contributed by atoms with van der Waals surface area (Å²) in [6, 6.07) is 5.61. The molecule has 0 saturated heterocycles. The third kappa shape index (κ3) is 1.42. The Morgan fingerprint density at radius 1 is 1.62 bits per heavy atom. The Bertz CT molecular complexity index is 423. The van der Waals surface area contributed by atoms with Gasteiger partial charge in [0.2, 0.25) is 11.7 Å². The van der Waals surface area contributed by atoms with E-state index in [1.165, 1.54) is 0 Å². The highest BCUT2D eigenvalue weighted by Gasteiger charge is 2.07. The lowest BCUT2D eigenvalue weighted by atomic mass is 10.4. The first-order valence-corrected chi connectivity index (χ1v) is 3.73. The van der Waals surface area contributed by atoms with Crippen LogP contribution in [0.25, 0.3) is 11.5 Å². The Balaban J connectivity index is 2.29. The van der Waals surface area contributed by atoms with E-state index in [2.05, 4.69) is 15.1 Å². The molecule has 2 rings (SSSR count). The number of hydrogen-bond donors (Lipinski definition) is 1. The number of aromatic nitrogens is 3. The zero-order valence-corrected chi connectivity index (χ0v) is 6.69. The molecule has 5 nitrogen and oxygen atoms in total. The van der Waals surface area contributed by atoms with Crippen molar-refractivity contribution in [2.45, 2.75) is 6.42 Å². The predicted octanol–water partition coefficient (Wildman–Crippen LogP) is 1.13. The van der Waals surface area contributed by atoms with Gasteiger partial charge >= 0.3 is 0 Å². The summed E-state index contributed by atoms with van der Waals surface area (Å²) in [6.07, 6.45) is 1.92. The van der Waals surface area contributed by atoms with Crippen LogP contribution in [0.15, 0.2) is 22.9 Å². The molecule has 2 aromatic heterocycles. The van der Waals surface area contributed by atoms with Crippen molar-refractivity contribution in [3.05, 3.63) is 24.2 Å². The molecule has 0 saturated carbocycles. The number of H-pyrrole nitrogens is 1. The van der Waals surface area contributed by atoms with Gasteiger partial charge in [0.25, 0.3) is 0 Å².